The van der Waals surface area contributed by atoms with Gasteiger partial charge in [-0.1, -0.05) is 0 Å². The van der Waals surface area contributed by atoms with Crippen LogP contribution in [0.15, 0.2) is 24.7 Å². The summed E-state index contributed by atoms with van der Waals surface area (Å²) in [5.74, 6) is 0.748. The molecule has 1 aliphatic rings. The monoisotopic (exact) mass is 282 g/mol. The number of nitrogens with zero attached hydrogens (tertiary/aromatic N) is 5. The van der Waals surface area contributed by atoms with Crippen molar-refractivity contribution in [3.8, 4) is 11.9 Å². The van der Waals surface area contributed by atoms with Gasteiger partial charge in [0.1, 0.15) is 6.07 Å². The van der Waals surface area contributed by atoms with E-state index >= 15 is 0 Å². The lowest BCUT2D eigenvalue weighted by atomic mass is 10.2. The van der Waals surface area contributed by atoms with Crippen molar-refractivity contribution in [2.75, 3.05) is 26.2 Å². The van der Waals surface area contributed by atoms with E-state index in [4.69, 9.17) is 5.26 Å². The fraction of sp³-hybridized carbons (Fsp3) is 0.400. The van der Waals surface area contributed by atoms with Gasteiger partial charge in [-0.2, -0.15) is 10.4 Å². The highest BCUT2D eigenvalue weighted by Gasteiger charge is 2.11. The average Bonchev–Trinajstić information content (AvgIpc) is 2.97. The Bertz CT molecular complexity index is 663. The number of aryl methyl sites for hydroxylation is 1. The first kappa shape index (κ1) is 13.7. The van der Waals surface area contributed by atoms with Crippen LogP contribution < -0.4 is 5.32 Å². The maximum absolute atomic E-state index is 8.94. The molecule has 0 aliphatic carbocycles. The van der Waals surface area contributed by atoms with Crippen molar-refractivity contribution in [2.45, 2.75) is 13.5 Å². The molecule has 0 amide bonds. The molecule has 0 unspecified atom stereocenters. The van der Waals surface area contributed by atoms with Gasteiger partial charge in [0.2, 0.25) is 0 Å². The lowest BCUT2D eigenvalue weighted by Gasteiger charge is -2.26. The predicted octanol–water partition coefficient (Wildman–Crippen LogP) is 0.853. The van der Waals surface area contributed by atoms with Crippen LogP contribution in [-0.2, 0) is 6.54 Å². The van der Waals surface area contributed by atoms with Crippen molar-refractivity contribution in [3.63, 3.8) is 0 Å². The van der Waals surface area contributed by atoms with Crippen molar-refractivity contribution in [1.82, 2.24) is 25.0 Å². The van der Waals surface area contributed by atoms with Gasteiger partial charge in [-0.05, 0) is 18.6 Å². The summed E-state index contributed by atoms with van der Waals surface area (Å²) in [6, 6.07) is 4.02. The van der Waals surface area contributed by atoms with Crippen molar-refractivity contribution in [2.24, 2.45) is 0 Å². The minimum atomic E-state index is 0.604. The molecule has 1 saturated heterocycles. The Hall–Kier alpha value is -2.23. The zero-order valence-electron chi connectivity index (χ0n) is 12.1. The minimum Gasteiger partial charge on any atom is -0.314 e. The molecule has 0 aromatic carbocycles. The fourth-order valence-corrected chi connectivity index (χ4v) is 2.48. The smallest absolute Gasteiger partial charge is 0.153 e. The van der Waals surface area contributed by atoms with Crippen LogP contribution in [0, 0.1) is 18.3 Å². The first-order chi connectivity index (χ1) is 10.3. The molecule has 2 aromatic heterocycles. The molecule has 0 saturated carbocycles. The van der Waals surface area contributed by atoms with Crippen LogP contribution in [0.5, 0.6) is 0 Å². The highest BCUT2D eigenvalue weighted by atomic mass is 15.3. The van der Waals surface area contributed by atoms with Gasteiger partial charge >= 0.3 is 0 Å². The first-order valence-corrected chi connectivity index (χ1v) is 7.10. The Morgan fingerprint density at radius 3 is 2.86 bits per heavy atom. The zero-order chi connectivity index (χ0) is 14.7. The molecule has 0 bridgehead atoms. The van der Waals surface area contributed by atoms with Gasteiger partial charge in [-0.3, -0.25) is 4.90 Å². The number of hydrogen-bond donors (Lipinski definition) is 1. The quantitative estimate of drug-likeness (QED) is 0.904. The maximum atomic E-state index is 8.94. The summed E-state index contributed by atoms with van der Waals surface area (Å²) in [5, 5.41) is 16.7. The number of nitriles is 1. The van der Waals surface area contributed by atoms with E-state index in [2.05, 4.69) is 26.4 Å². The van der Waals surface area contributed by atoms with Crippen LogP contribution in [0.25, 0.3) is 5.82 Å². The highest BCUT2D eigenvalue weighted by molar-refractivity contribution is 5.39. The molecule has 1 N–H and O–H groups in total. The van der Waals surface area contributed by atoms with E-state index in [1.807, 2.05) is 25.4 Å². The third-order valence-corrected chi connectivity index (χ3v) is 3.70. The third kappa shape index (κ3) is 3.10. The SMILES string of the molecule is Cc1cc(-n2cc(CN3CCNCC3)cn2)ncc1C#N. The molecule has 6 heteroatoms. The molecule has 3 rings (SSSR count). The number of hydrogen-bond acceptors (Lipinski definition) is 5. The van der Waals surface area contributed by atoms with Crippen molar-refractivity contribution in [3.05, 3.63) is 41.3 Å². The number of aromatic nitrogens is 3. The highest BCUT2D eigenvalue weighted by Crippen LogP contribution is 2.12. The summed E-state index contributed by atoms with van der Waals surface area (Å²) in [5.41, 5.74) is 2.70. The van der Waals surface area contributed by atoms with E-state index in [1.165, 1.54) is 5.56 Å². The standard InChI is InChI=1S/C15H18N6/c1-12-6-15(18-9-14(12)7-16)21-11-13(8-19-21)10-20-4-2-17-3-5-20/h6,8-9,11,17H,2-5,10H2,1H3. The van der Waals surface area contributed by atoms with Crippen LogP contribution in [0.4, 0.5) is 0 Å². The topological polar surface area (TPSA) is 69.8 Å². The molecule has 0 atom stereocenters. The van der Waals surface area contributed by atoms with E-state index < -0.39 is 0 Å². The molecule has 21 heavy (non-hydrogen) atoms. The van der Waals surface area contributed by atoms with Gasteiger partial charge < -0.3 is 5.32 Å². The molecule has 0 radical (unpaired) electrons. The Labute approximate surface area is 124 Å². The number of rotatable bonds is 3. The van der Waals surface area contributed by atoms with Crippen LogP contribution in [0.1, 0.15) is 16.7 Å². The van der Waals surface area contributed by atoms with Crippen molar-refractivity contribution >= 4 is 0 Å². The Balaban J connectivity index is 1.75. The average molecular weight is 282 g/mol. The van der Waals surface area contributed by atoms with Gasteiger partial charge in [0.25, 0.3) is 0 Å². The van der Waals surface area contributed by atoms with Crippen LogP contribution >= 0.6 is 0 Å². The Morgan fingerprint density at radius 2 is 2.14 bits per heavy atom. The second-order valence-electron chi connectivity index (χ2n) is 5.29. The van der Waals surface area contributed by atoms with E-state index in [0.717, 1.165) is 44.1 Å². The summed E-state index contributed by atoms with van der Waals surface area (Å²) in [6.07, 6.45) is 5.50. The molecule has 108 valence electrons. The molecule has 1 aliphatic heterocycles. The van der Waals surface area contributed by atoms with Crippen LogP contribution in [0.3, 0.4) is 0 Å². The van der Waals surface area contributed by atoms with Gasteiger partial charge in [-0.25, -0.2) is 9.67 Å². The molecule has 2 aromatic rings. The summed E-state index contributed by atoms with van der Waals surface area (Å²) >= 11 is 0. The Kier molecular flexibility index (Phi) is 3.95. The molecular formula is C15H18N6. The van der Waals surface area contributed by atoms with Crippen molar-refractivity contribution in [1.29, 1.82) is 5.26 Å². The molecule has 0 spiro atoms. The van der Waals surface area contributed by atoms with E-state index in [0.29, 0.717) is 5.56 Å². The Morgan fingerprint density at radius 1 is 1.33 bits per heavy atom. The van der Waals surface area contributed by atoms with Crippen LogP contribution in [-0.4, -0.2) is 45.8 Å². The summed E-state index contributed by atoms with van der Waals surface area (Å²) < 4.78 is 1.77. The molecular weight excluding hydrogens is 264 g/mol. The third-order valence-electron chi connectivity index (χ3n) is 3.70. The maximum Gasteiger partial charge on any atom is 0.153 e. The second-order valence-corrected chi connectivity index (χ2v) is 5.29. The number of piperazine rings is 1. The first-order valence-electron chi connectivity index (χ1n) is 7.10. The fourth-order valence-electron chi connectivity index (χ4n) is 2.48. The number of pyridine rings is 1. The van der Waals surface area contributed by atoms with Gasteiger partial charge in [-0.15, -0.1) is 0 Å². The second kappa shape index (κ2) is 6.04. The molecule has 6 nitrogen and oxygen atoms in total. The van der Waals surface area contributed by atoms with E-state index in [9.17, 15) is 0 Å². The lowest BCUT2D eigenvalue weighted by Crippen LogP contribution is -2.42. The van der Waals surface area contributed by atoms with Crippen molar-refractivity contribution < 1.29 is 0 Å². The normalized spacial score (nSPS) is 15.8. The molecule has 1 fully saturated rings. The van der Waals surface area contributed by atoms with Gasteiger partial charge in [0, 0.05) is 50.7 Å². The number of nitrogens with one attached hydrogen (secondary N) is 1. The minimum absolute atomic E-state index is 0.604. The zero-order valence-corrected chi connectivity index (χ0v) is 12.1. The largest absolute Gasteiger partial charge is 0.314 e. The van der Waals surface area contributed by atoms with Gasteiger partial charge in [0.15, 0.2) is 5.82 Å². The lowest BCUT2D eigenvalue weighted by molar-refractivity contribution is 0.233. The van der Waals surface area contributed by atoms with Gasteiger partial charge in [0.05, 0.1) is 11.8 Å². The van der Waals surface area contributed by atoms with E-state index in [1.54, 1.807) is 10.9 Å². The summed E-state index contributed by atoms with van der Waals surface area (Å²) in [4.78, 5) is 6.71. The summed E-state index contributed by atoms with van der Waals surface area (Å²) in [6.45, 7) is 7.06. The van der Waals surface area contributed by atoms with E-state index in [-0.39, 0.29) is 0 Å². The summed E-state index contributed by atoms with van der Waals surface area (Å²) in [7, 11) is 0. The van der Waals surface area contributed by atoms with Crippen LogP contribution in [0.2, 0.25) is 0 Å². The molecule has 3 heterocycles. The predicted molar refractivity (Wildman–Crippen MR) is 79.0 cm³/mol.